The number of nitrogens with one attached hydrogen (secondary N) is 1. The Balaban J connectivity index is 2.03. The number of benzene rings is 2. The summed E-state index contributed by atoms with van der Waals surface area (Å²) < 4.78 is 0. The zero-order valence-electron chi connectivity index (χ0n) is 12.7. The van der Waals surface area contributed by atoms with Gasteiger partial charge in [0, 0.05) is 17.6 Å². The minimum Gasteiger partial charge on any atom is -0.366 e. The van der Waals surface area contributed by atoms with Crippen LogP contribution in [0.2, 0.25) is 0 Å². The molecule has 3 aromatic rings. The fraction of sp³-hybridized carbons (Fsp3) is 0.0625. The molecule has 1 atom stereocenters. The van der Waals surface area contributed by atoms with Crippen LogP contribution in [0.1, 0.15) is 16.6 Å². The molecule has 0 saturated carbocycles. The molecule has 1 aromatic heterocycles. The highest BCUT2D eigenvalue weighted by Gasteiger charge is 2.24. The van der Waals surface area contributed by atoms with Crippen molar-refractivity contribution in [3.63, 3.8) is 0 Å². The Bertz CT molecular complexity index is 900. The molecule has 0 fully saturated rings. The molecule has 1 unspecified atom stereocenters. The molecule has 0 radical (unpaired) electrons. The van der Waals surface area contributed by atoms with Crippen molar-refractivity contribution in [1.82, 2.24) is 4.98 Å². The molecule has 0 aliphatic rings. The van der Waals surface area contributed by atoms with Crippen LogP contribution in [0.3, 0.4) is 0 Å². The maximum atomic E-state index is 11.3. The zero-order valence-corrected chi connectivity index (χ0v) is 13.6. The predicted octanol–water partition coefficient (Wildman–Crippen LogP) is 4.16. The second-order valence-corrected chi connectivity index (χ2v) is 6.00. The first-order valence-electron chi connectivity index (χ1n) is 7.20. The number of hydrogen-bond acceptors (Lipinski definition) is 7. The number of non-ortho nitro benzene ring substituents is 1. The van der Waals surface area contributed by atoms with E-state index < -0.39 is 15.9 Å². The van der Waals surface area contributed by atoms with Crippen molar-refractivity contribution in [3.8, 4) is 0 Å². The summed E-state index contributed by atoms with van der Waals surface area (Å²) in [5.74, 6) is 0. The van der Waals surface area contributed by atoms with Gasteiger partial charge in [0.25, 0.3) is 11.4 Å². The number of thiazole rings is 1. The summed E-state index contributed by atoms with van der Waals surface area (Å²) in [7, 11) is 0. The van der Waals surface area contributed by atoms with E-state index >= 15 is 0 Å². The fourth-order valence-electron chi connectivity index (χ4n) is 2.37. The van der Waals surface area contributed by atoms with Crippen LogP contribution in [0, 0.1) is 20.2 Å². The molecule has 0 amide bonds. The Morgan fingerprint density at radius 2 is 1.80 bits per heavy atom. The highest BCUT2D eigenvalue weighted by Crippen LogP contribution is 2.34. The van der Waals surface area contributed by atoms with Crippen molar-refractivity contribution >= 4 is 28.4 Å². The number of nitro groups is 2. The van der Waals surface area contributed by atoms with E-state index in [-0.39, 0.29) is 17.1 Å². The van der Waals surface area contributed by atoms with E-state index in [1.54, 1.807) is 6.20 Å². The average Bonchev–Trinajstić information content (AvgIpc) is 3.14. The number of anilines is 1. The summed E-state index contributed by atoms with van der Waals surface area (Å²) in [5, 5.41) is 27.9. The fourth-order valence-corrected chi connectivity index (χ4v) is 3.09. The van der Waals surface area contributed by atoms with Gasteiger partial charge in [-0.1, -0.05) is 30.3 Å². The molecule has 126 valence electrons. The SMILES string of the molecule is O=[N+]([O-])c1ccc(NC(c2ccccc2)c2nccs2)c([N+](=O)[O-])c1. The maximum Gasteiger partial charge on any atom is 0.299 e. The van der Waals surface area contributed by atoms with Crippen LogP contribution in [-0.2, 0) is 0 Å². The molecule has 2 aromatic carbocycles. The first-order valence-corrected chi connectivity index (χ1v) is 8.08. The Kier molecular flexibility index (Phi) is 4.66. The predicted molar refractivity (Wildman–Crippen MR) is 93.8 cm³/mol. The summed E-state index contributed by atoms with van der Waals surface area (Å²) in [6.07, 6.45) is 1.65. The van der Waals surface area contributed by atoms with Gasteiger partial charge in [-0.2, -0.15) is 0 Å². The second-order valence-electron chi connectivity index (χ2n) is 5.07. The highest BCUT2D eigenvalue weighted by atomic mass is 32.1. The van der Waals surface area contributed by atoms with Gasteiger partial charge in [0.05, 0.1) is 15.9 Å². The van der Waals surface area contributed by atoms with Gasteiger partial charge in [-0.3, -0.25) is 20.2 Å². The number of hydrogen-bond donors (Lipinski definition) is 1. The summed E-state index contributed by atoms with van der Waals surface area (Å²) in [6.45, 7) is 0. The topological polar surface area (TPSA) is 111 Å². The largest absolute Gasteiger partial charge is 0.366 e. The van der Waals surface area contributed by atoms with Gasteiger partial charge >= 0.3 is 0 Å². The molecule has 8 nitrogen and oxygen atoms in total. The van der Waals surface area contributed by atoms with E-state index in [1.165, 1.54) is 23.5 Å². The van der Waals surface area contributed by atoms with Crippen molar-refractivity contribution in [2.45, 2.75) is 6.04 Å². The standard InChI is InChI=1S/C16H12N4O4S/c21-19(22)12-6-7-13(14(10-12)20(23)24)18-15(16-17-8-9-25-16)11-4-2-1-3-5-11/h1-10,15,18H. The lowest BCUT2D eigenvalue weighted by Gasteiger charge is -2.18. The normalized spacial score (nSPS) is 11.7. The molecule has 0 aliphatic heterocycles. The summed E-state index contributed by atoms with van der Waals surface area (Å²) in [4.78, 5) is 25.2. The van der Waals surface area contributed by atoms with Crippen molar-refractivity contribution in [2.24, 2.45) is 0 Å². The minimum atomic E-state index is -0.660. The minimum absolute atomic E-state index is 0.194. The second kappa shape index (κ2) is 7.05. The van der Waals surface area contributed by atoms with Gasteiger partial charge in [-0.15, -0.1) is 11.3 Å². The van der Waals surface area contributed by atoms with E-state index in [4.69, 9.17) is 0 Å². The molecule has 9 heteroatoms. The van der Waals surface area contributed by atoms with E-state index in [1.807, 2.05) is 35.7 Å². The summed E-state index contributed by atoms with van der Waals surface area (Å²) in [6, 6.07) is 12.5. The molecule has 3 rings (SSSR count). The number of aromatic nitrogens is 1. The first kappa shape index (κ1) is 16.5. The number of rotatable bonds is 6. The monoisotopic (exact) mass is 356 g/mol. The molecule has 0 aliphatic carbocycles. The third kappa shape index (κ3) is 3.61. The lowest BCUT2D eigenvalue weighted by molar-refractivity contribution is -0.393. The van der Waals surface area contributed by atoms with Gasteiger partial charge in [-0.25, -0.2) is 4.98 Å². The van der Waals surface area contributed by atoms with E-state index in [0.717, 1.165) is 16.6 Å². The van der Waals surface area contributed by atoms with Gasteiger partial charge in [0.15, 0.2) is 0 Å². The Hall–Kier alpha value is -3.33. The third-order valence-corrected chi connectivity index (χ3v) is 4.36. The van der Waals surface area contributed by atoms with Crippen LogP contribution in [-0.4, -0.2) is 14.8 Å². The van der Waals surface area contributed by atoms with Crippen molar-refractivity contribution in [2.75, 3.05) is 5.32 Å². The average molecular weight is 356 g/mol. The quantitative estimate of drug-likeness (QED) is 0.524. The number of nitrogens with zero attached hydrogens (tertiary/aromatic N) is 3. The van der Waals surface area contributed by atoms with Crippen LogP contribution < -0.4 is 5.32 Å². The van der Waals surface area contributed by atoms with E-state index in [9.17, 15) is 20.2 Å². The van der Waals surface area contributed by atoms with Crippen molar-refractivity contribution in [3.05, 3.63) is 90.9 Å². The van der Waals surface area contributed by atoms with Gasteiger partial charge in [0.2, 0.25) is 0 Å². The van der Waals surface area contributed by atoms with Crippen LogP contribution >= 0.6 is 11.3 Å². The van der Waals surface area contributed by atoms with E-state index in [0.29, 0.717) is 0 Å². The summed E-state index contributed by atoms with van der Waals surface area (Å²) in [5.41, 5.74) is 0.388. The van der Waals surface area contributed by atoms with Gasteiger partial charge in [0.1, 0.15) is 16.7 Å². The zero-order chi connectivity index (χ0) is 17.8. The Morgan fingerprint density at radius 1 is 1.04 bits per heavy atom. The van der Waals surface area contributed by atoms with Crippen LogP contribution in [0.25, 0.3) is 0 Å². The molecule has 1 heterocycles. The van der Waals surface area contributed by atoms with Crippen LogP contribution in [0.4, 0.5) is 17.1 Å². The molecule has 0 spiro atoms. The molecule has 0 saturated heterocycles. The van der Waals surface area contributed by atoms with Crippen LogP contribution in [0.15, 0.2) is 60.1 Å². The number of nitro benzene ring substituents is 2. The Morgan fingerprint density at radius 3 is 2.40 bits per heavy atom. The van der Waals surface area contributed by atoms with Gasteiger partial charge < -0.3 is 5.32 Å². The third-order valence-electron chi connectivity index (χ3n) is 3.52. The lowest BCUT2D eigenvalue weighted by atomic mass is 10.1. The van der Waals surface area contributed by atoms with Crippen molar-refractivity contribution in [1.29, 1.82) is 0 Å². The van der Waals surface area contributed by atoms with E-state index in [2.05, 4.69) is 10.3 Å². The Labute approximate surface area is 146 Å². The smallest absolute Gasteiger partial charge is 0.299 e. The molecule has 0 bridgehead atoms. The highest BCUT2D eigenvalue weighted by molar-refractivity contribution is 7.09. The molecular formula is C16H12N4O4S. The summed E-state index contributed by atoms with van der Waals surface area (Å²) >= 11 is 1.42. The maximum absolute atomic E-state index is 11.3. The van der Waals surface area contributed by atoms with Crippen LogP contribution in [0.5, 0.6) is 0 Å². The van der Waals surface area contributed by atoms with Crippen molar-refractivity contribution < 1.29 is 9.85 Å². The molecule has 1 N–H and O–H groups in total. The molecule has 25 heavy (non-hydrogen) atoms. The first-order chi connectivity index (χ1) is 12.1. The molecular weight excluding hydrogens is 344 g/mol. The van der Waals surface area contributed by atoms with Gasteiger partial charge in [-0.05, 0) is 11.6 Å². The lowest BCUT2D eigenvalue weighted by Crippen LogP contribution is -2.13.